The zero-order valence-electron chi connectivity index (χ0n) is 6.55. The van der Waals surface area contributed by atoms with Crippen LogP contribution in [0.25, 0.3) is 0 Å². The number of ether oxygens (including phenoxy) is 1. The summed E-state index contributed by atoms with van der Waals surface area (Å²) in [5.41, 5.74) is 0. The molecular formula is C8H16O2. The van der Waals surface area contributed by atoms with Gasteiger partial charge in [-0.2, -0.15) is 0 Å². The van der Waals surface area contributed by atoms with Crippen molar-refractivity contribution >= 4 is 0 Å². The number of hydrogen-bond donors (Lipinski definition) is 1. The average molecular weight is 144 g/mol. The van der Waals surface area contributed by atoms with Crippen LogP contribution in [0.15, 0.2) is 0 Å². The van der Waals surface area contributed by atoms with E-state index >= 15 is 0 Å². The Kier molecular flexibility index (Phi) is 3.16. The summed E-state index contributed by atoms with van der Waals surface area (Å²) < 4.78 is 5.46. The Bertz CT molecular complexity index is 93.3. The third-order valence-corrected chi connectivity index (χ3v) is 2.03. The van der Waals surface area contributed by atoms with E-state index in [0.29, 0.717) is 6.10 Å². The van der Waals surface area contributed by atoms with Gasteiger partial charge in [0.15, 0.2) is 0 Å². The highest BCUT2D eigenvalue weighted by Crippen LogP contribution is 2.15. The first-order chi connectivity index (χ1) is 4.83. The van der Waals surface area contributed by atoms with Gasteiger partial charge in [0.2, 0.25) is 0 Å². The van der Waals surface area contributed by atoms with E-state index in [4.69, 9.17) is 4.74 Å². The second-order valence-electron chi connectivity index (χ2n) is 2.93. The summed E-state index contributed by atoms with van der Waals surface area (Å²) in [6, 6.07) is 0. The predicted molar refractivity (Wildman–Crippen MR) is 39.9 cm³/mol. The van der Waals surface area contributed by atoms with Crippen LogP contribution in [0.3, 0.4) is 0 Å². The molecule has 0 bridgehead atoms. The lowest BCUT2D eigenvalue weighted by atomic mass is 10.1. The van der Waals surface area contributed by atoms with E-state index in [2.05, 4.69) is 6.92 Å². The van der Waals surface area contributed by atoms with E-state index in [9.17, 15) is 5.11 Å². The smallest absolute Gasteiger partial charge is 0.0597 e. The standard InChI is InChI=1S/C8H16O2/c1-2-8-6-7(9)4-3-5-10-8/h7-9H,2-6H2,1H3/t7-,8+/m1/s1. The first-order valence-electron chi connectivity index (χ1n) is 4.12. The van der Waals surface area contributed by atoms with E-state index in [1.807, 2.05) is 0 Å². The second-order valence-corrected chi connectivity index (χ2v) is 2.93. The topological polar surface area (TPSA) is 29.5 Å². The third kappa shape index (κ3) is 2.27. The molecule has 0 radical (unpaired) electrons. The Morgan fingerprint density at radius 2 is 2.40 bits per heavy atom. The van der Waals surface area contributed by atoms with Crippen molar-refractivity contribution < 1.29 is 9.84 Å². The van der Waals surface area contributed by atoms with Crippen LogP contribution in [0, 0.1) is 0 Å². The van der Waals surface area contributed by atoms with Crippen LogP contribution in [0.4, 0.5) is 0 Å². The Labute approximate surface area is 62.2 Å². The summed E-state index contributed by atoms with van der Waals surface area (Å²) in [5, 5.41) is 9.31. The SMILES string of the molecule is CC[C@H]1C[C@H](O)CCCO1. The molecule has 0 aromatic heterocycles. The van der Waals surface area contributed by atoms with E-state index in [1.54, 1.807) is 0 Å². The molecule has 1 aliphatic heterocycles. The largest absolute Gasteiger partial charge is 0.393 e. The Morgan fingerprint density at radius 3 is 3.10 bits per heavy atom. The molecule has 1 N–H and O–H groups in total. The zero-order valence-corrected chi connectivity index (χ0v) is 6.55. The minimum Gasteiger partial charge on any atom is -0.393 e. The van der Waals surface area contributed by atoms with Crippen LogP contribution < -0.4 is 0 Å². The van der Waals surface area contributed by atoms with Crippen LogP contribution >= 0.6 is 0 Å². The van der Waals surface area contributed by atoms with Crippen molar-refractivity contribution in [2.75, 3.05) is 6.61 Å². The molecule has 0 spiro atoms. The fourth-order valence-electron chi connectivity index (χ4n) is 1.34. The summed E-state index contributed by atoms with van der Waals surface area (Å²) in [5.74, 6) is 0. The van der Waals surface area contributed by atoms with E-state index in [1.165, 1.54) is 0 Å². The van der Waals surface area contributed by atoms with Gasteiger partial charge in [0.1, 0.15) is 0 Å². The first-order valence-corrected chi connectivity index (χ1v) is 4.12. The molecule has 0 unspecified atom stereocenters. The lowest BCUT2D eigenvalue weighted by molar-refractivity contribution is 0.0385. The van der Waals surface area contributed by atoms with Crippen molar-refractivity contribution in [2.24, 2.45) is 0 Å². The molecule has 1 rings (SSSR count). The number of rotatable bonds is 1. The fourth-order valence-corrected chi connectivity index (χ4v) is 1.34. The monoisotopic (exact) mass is 144 g/mol. The van der Waals surface area contributed by atoms with Crippen molar-refractivity contribution in [3.05, 3.63) is 0 Å². The van der Waals surface area contributed by atoms with Crippen LogP contribution in [0.2, 0.25) is 0 Å². The summed E-state index contributed by atoms with van der Waals surface area (Å²) in [6.07, 6.45) is 3.96. The maximum absolute atomic E-state index is 9.31. The van der Waals surface area contributed by atoms with Crippen molar-refractivity contribution in [3.63, 3.8) is 0 Å². The van der Waals surface area contributed by atoms with Gasteiger partial charge < -0.3 is 9.84 Å². The van der Waals surface area contributed by atoms with Crippen LogP contribution in [-0.2, 0) is 4.74 Å². The highest BCUT2D eigenvalue weighted by molar-refractivity contribution is 4.67. The molecule has 2 nitrogen and oxygen atoms in total. The maximum atomic E-state index is 9.31. The Hall–Kier alpha value is -0.0800. The molecule has 2 heteroatoms. The average Bonchev–Trinajstić information content (AvgIpc) is 2.13. The molecule has 0 saturated carbocycles. The Balaban J connectivity index is 2.30. The normalized spacial score (nSPS) is 35.4. The molecule has 1 heterocycles. The lowest BCUT2D eigenvalue weighted by Crippen LogP contribution is -2.16. The molecule has 0 aromatic carbocycles. The number of hydrogen-bond acceptors (Lipinski definition) is 2. The molecule has 60 valence electrons. The van der Waals surface area contributed by atoms with Gasteiger partial charge in [-0.1, -0.05) is 6.92 Å². The van der Waals surface area contributed by atoms with Crippen molar-refractivity contribution in [2.45, 2.75) is 44.8 Å². The van der Waals surface area contributed by atoms with Crippen LogP contribution in [-0.4, -0.2) is 23.9 Å². The van der Waals surface area contributed by atoms with Crippen molar-refractivity contribution in [1.82, 2.24) is 0 Å². The fraction of sp³-hybridized carbons (Fsp3) is 1.00. The van der Waals surface area contributed by atoms with Crippen molar-refractivity contribution in [3.8, 4) is 0 Å². The van der Waals surface area contributed by atoms with Gasteiger partial charge in [-0.15, -0.1) is 0 Å². The summed E-state index contributed by atoms with van der Waals surface area (Å²) in [6.45, 7) is 2.93. The molecule has 1 saturated heterocycles. The van der Waals surface area contributed by atoms with E-state index < -0.39 is 0 Å². The van der Waals surface area contributed by atoms with E-state index in [0.717, 1.165) is 32.3 Å². The quantitative estimate of drug-likeness (QED) is 0.601. The summed E-state index contributed by atoms with van der Waals surface area (Å²) in [7, 11) is 0. The second kappa shape index (κ2) is 3.94. The zero-order chi connectivity index (χ0) is 7.40. The lowest BCUT2D eigenvalue weighted by Gasteiger charge is -2.13. The van der Waals surface area contributed by atoms with Crippen LogP contribution in [0.1, 0.15) is 32.6 Å². The molecule has 0 aliphatic carbocycles. The minimum absolute atomic E-state index is 0.118. The highest BCUT2D eigenvalue weighted by Gasteiger charge is 2.16. The van der Waals surface area contributed by atoms with E-state index in [-0.39, 0.29) is 6.10 Å². The number of aliphatic hydroxyl groups is 1. The van der Waals surface area contributed by atoms with Gasteiger partial charge in [0, 0.05) is 6.61 Å². The van der Waals surface area contributed by atoms with Gasteiger partial charge in [-0.3, -0.25) is 0 Å². The van der Waals surface area contributed by atoms with Gasteiger partial charge in [-0.05, 0) is 25.7 Å². The van der Waals surface area contributed by atoms with Gasteiger partial charge in [0.25, 0.3) is 0 Å². The molecule has 1 fully saturated rings. The number of aliphatic hydroxyl groups excluding tert-OH is 1. The molecule has 0 amide bonds. The van der Waals surface area contributed by atoms with Crippen LogP contribution in [0.5, 0.6) is 0 Å². The molecule has 2 atom stereocenters. The van der Waals surface area contributed by atoms with Crippen molar-refractivity contribution in [1.29, 1.82) is 0 Å². The first kappa shape index (κ1) is 8.02. The molecule has 1 aliphatic rings. The molecular weight excluding hydrogens is 128 g/mol. The third-order valence-electron chi connectivity index (χ3n) is 2.03. The Morgan fingerprint density at radius 1 is 1.60 bits per heavy atom. The van der Waals surface area contributed by atoms with Gasteiger partial charge >= 0.3 is 0 Å². The highest BCUT2D eigenvalue weighted by atomic mass is 16.5. The molecule has 0 aromatic rings. The summed E-state index contributed by atoms with van der Waals surface area (Å²) in [4.78, 5) is 0. The predicted octanol–water partition coefficient (Wildman–Crippen LogP) is 1.33. The minimum atomic E-state index is -0.118. The van der Waals surface area contributed by atoms with Gasteiger partial charge in [0.05, 0.1) is 12.2 Å². The van der Waals surface area contributed by atoms with Gasteiger partial charge in [-0.25, -0.2) is 0 Å². The summed E-state index contributed by atoms with van der Waals surface area (Å²) >= 11 is 0. The molecule has 10 heavy (non-hydrogen) atoms. The maximum Gasteiger partial charge on any atom is 0.0597 e.